The number of hydrogen-bond donors (Lipinski definition) is 2. The van der Waals surface area contributed by atoms with Crippen LogP contribution in [0.2, 0.25) is 0 Å². The molecule has 0 saturated heterocycles. The van der Waals surface area contributed by atoms with E-state index in [1.165, 1.54) is 0 Å². The average molecular weight is 724 g/mol. The Bertz CT molecular complexity index is 2000. The fourth-order valence-electron chi connectivity index (χ4n) is 10.6. The zero-order valence-electron chi connectivity index (χ0n) is 31.4. The Morgan fingerprint density at radius 2 is 1.41 bits per heavy atom. The third-order valence-corrected chi connectivity index (χ3v) is 13.3. The van der Waals surface area contributed by atoms with E-state index in [0.29, 0.717) is 18.4 Å². The van der Waals surface area contributed by atoms with Crippen molar-refractivity contribution < 1.29 is 29.3 Å². The quantitative estimate of drug-likeness (QED) is 0.0989. The summed E-state index contributed by atoms with van der Waals surface area (Å²) in [5.41, 5.74) is -0.660. The summed E-state index contributed by atoms with van der Waals surface area (Å²) in [5.74, 6) is -2.67. The average Bonchev–Trinajstić information content (AvgIpc) is 3.59. The monoisotopic (exact) mass is 723 g/mol. The molecule has 3 aromatic carbocycles. The van der Waals surface area contributed by atoms with Crippen LogP contribution in [0, 0.1) is 29.1 Å². The summed E-state index contributed by atoms with van der Waals surface area (Å²) in [5, 5.41) is 25.7. The van der Waals surface area contributed by atoms with E-state index in [0.717, 1.165) is 27.8 Å². The maximum absolute atomic E-state index is 14.0. The van der Waals surface area contributed by atoms with Gasteiger partial charge in [0, 0.05) is 48.4 Å². The molecular formula is C47H49NO6. The van der Waals surface area contributed by atoms with Gasteiger partial charge in [0.05, 0.1) is 12.2 Å². The van der Waals surface area contributed by atoms with Crippen molar-refractivity contribution in [1.82, 2.24) is 4.98 Å². The minimum absolute atomic E-state index is 0.0101. The Hall–Kier alpha value is -4.69. The van der Waals surface area contributed by atoms with E-state index in [4.69, 9.17) is 9.47 Å². The second-order valence-electron chi connectivity index (χ2n) is 16.6. The van der Waals surface area contributed by atoms with E-state index in [1.54, 1.807) is 25.4 Å². The number of fused-ring (bicyclic) bond motifs is 5. The third kappa shape index (κ3) is 5.46. The summed E-state index contributed by atoms with van der Waals surface area (Å²) in [4.78, 5) is 31.7. The van der Waals surface area contributed by atoms with Gasteiger partial charge < -0.3 is 19.7 Å². The molecule has 0 bridgehead atoms. The summed E-state index contributed by atoms with van der Waals surface area (Å²) in [7, 11) is 0. The minimum atomic E-state index is -1.85. The van der Waals surface area contributed by atoms with Gasteiger partial charge in [0.1, 0.15) is 16.8 Å². The number of Topliss-reactive ketones (excluding diaryl/α,β-unsaturated/α-hetero) is 1. The lowest BCUT2D eigenvalue weighted by molar-refractivity contribution is -0.187. The van der Waals surface area contributed by atoms with Gasteiger partial charge in [-0.2, -0.15) is 0 Å². The molecule has 1 heterocycles. The number of rotatable bonds is 10. The van der Waals surface area contributed by atoms with Crippen molar-refractivity contribution in [1.29, 1.82) is 0 Å². The van der Waals surface area contributed by atoms with Gasteiger partial charge >= 0.3 is 5.97 Å². The normalized spacial score (nSPS) is 30.9. The van der Waals surface area contributed by atoms with Crippen LogP contribution >= 0.6 is 0 Å². The first-order valence-corrected chi connectivity index (χ1v) is 19.2. The van der Waals surface area contributed by atoms with Crippen LogP contribution in [0.4, 0.5) is 0 Å². The maximum Gasteiger partial charge on any atom is 0.306 e. The number of carbonyl (C=O) groups is 2. The number of nitrogens with zero attached hydrogens (tertiary/aromatic N) is 1. The zero-order chi connectivity index (χ0) is 37.9. The molecule has 8 rings (SSSR count). The number of pyridine rings is 1. The van der Waals surface area contributed by atoms with Crippen LogP contribution < -0.4 is 0 Å². The summed E-state index contributed by atoms with van der Waals surface area (Å²) in [6.45, 7) is 7.99. The predicted molar refractivity (Wildman–Crippen MR) is 206 cm³/mol. The lowest BCUT2D eigenvalue weighted by Gasteiger charge is -2.50. The molecule has 0 amide bonds. The summed E-state index contributed by atoms with van der Waals surface area (Å²) in [6.07, 6.45) is 8.49. The number of aliphatic hydroxyl groups is 2. The second-order valence-corrected chi connectivity index (χ2v) is 16.6. The smallest absolute Gasteiger partial charge is 0.306 e. The number of esters is 1. The van der Waals surface area contributed by atoms with Gasteiger partial charge in [-0.15, -0.1) is 0 Å². The molecule has 0 unspecified atom stereocenters. The van der Waals surface area contributed by atoms with Crippen molar-refractivity contribution in [2.75, 3.05) is 6.61 Å². The second kappa shape index (κ2) is 13.3. The first kappa shape index (κ1) is 36.3. The van der Waals surface area contributed by atoms with Gasteiger partial charge in [-0.25, -0.2) is 0 Å². The number of aryl methyl sites for hydroxylation is 1. The van der Waals surface area contributed by atoms with E-state index in [1.807, 2.05) is 73.7 Å². The number of ether oxygens (including phenoxy) is 2. The summed E-state index contributed by atoms with van der Waals surface area (Å²) in [6, 6.07) is 34.1. The molecule has 278 valence electrons. The number of benzene rings is 3. The van der Waals surface area contributed by atoms with E-state index in [9.17, 15) is 19.8 Å². The number of carbonyl (C=O) groups excluding carboxylic acids is 2. The molecule has 7 atom stereocenters. The molecular weight excluding hydrogens is 675 g/mol. The number of aromatic nitrogens is 1. The van der Waals surface area contributed by atoms with Crippen molar-refractivity contribution in [2.45, 2.75) is 75.8 Å². The molecule has 4 aliphatic rings. The van der Waals surface area contributed by atoms with E-state index in [-0.39, 0.29) is 37.1 Å². The Morgan fingerprint density at radius 3 is 1.96 bits per heavy atom. The Balaban J connectivity index is 1.20. The molecule has 0 spiro atoms. The highest BCUT2D eigenvalue weighted by Crippen LogP contribution is 2.76. The van der Waals surface area contributed by atoms with Crippen LogP contribution in [0.3, 0.4) is 0 Å². The molecule has 54 heavy (non-hydrogen) atoms. The van der Waals surface area contributed by atoms with Crippen LogP contribution in [0.15, 0.2) is 139 Å². The van der Waals surface area contributed by atoms with Crippen LogP contribution in [-0.4, -0.2) is 50.4 Å². The summed E-state index contributed by atoms with van der Waals surface area (Å²) < 4.78 is 13.8. The minimum Gasteiger partial charge on any atom is -0.458 e. The largest absolute Gasteiger partial charge is 0.458 e. The lowest BCUT2D eigenvalue weighted by atomic mass is 9.60. The molecule has 7 nitrogen and oxygen atoms in total. The Kier molecular flexibility index (Phi) is 8.91. The molecule has 7 heteroatoms. The Labute approximate surface area is 317 Å². The maximum atomic E-state index is 14.0. The van der Waals surface area contributed by atoms with Crippen LogP contribution in [0.25, 0.3) is 0 Å². The third-order valence-electron chi connectivity index (χ3n) is 13.3. The molecule has 0 radical (unpaired) electrons. The summed E-state index contributed by atoms with van der Waals surface area (Å²) >= 11 is 0. The van der Waals surface area contributed by atoms with E-state index >= 15 is 0 Å². The molecule has 1 aromatic heterocycles. The molecule has 0 aliphatic heterocycles. The number of ketones is 1. The molecule has 2 fully saturated rings. The molecule has 4 aromatic rings. The predicted octanol–water partition coefficient (Wildman–Crippen LogP) is 7.55. The standard InChI is InChI=1S/C47H49NO6/c1-31-26-39-44(51,42(31)50)29-34(30-53-47(35-14-8-5-9-15-35,36-16-10-6-11-17-36)37-18-12-7-13-19-37)27-38-41-43(3,4)45(41,28-32(2)46(38,39)52)54-40(49)21-20-33-22-24-48-25-23-33/h5-19,22-27,32,38-39,41,51-52H,20-21,28-30H2,1-4H3/t32-,38+,39-,41-,44-,45+,46-/m1/s1. The molecule has 2 saturated carbocycles. The van der Waals surface area contributed by atoms with E-state index in [2.05, 4.69) is 61.3 Å². The highest BCUT2D eigenvalue weighted by atomic mass is 16.6. The van der Waals surface area contributed by atoms with Crippen molar-refractivity contribution in [3.8, 4) is 0 Å². The highest BCUT2D eigenvalue weighted by molar-refractivity contribution is 6.04. The van der Waals surface area contributed by atoms with Gasteiger partial charge in [-0.1, -0.05) is 124 Å². The van der Waals surface area contributed by atoms with Gasteiger partial charge in [0.25, 0.3) is 0 Å². The Morgan fingerprint density at radius 1 is 0.852 bits per heavy atom. The highest BCUT2D eigenvalue weighted by Gasteiger charge is 2.83. The van der Waals surface area contributed by atoms with E-state index < -0.39 is 45.6 Å². The van der Waals surface area contributed by atoms with Crippen LogP contribution in [0.1, 0.15) is 69.2 Å². The van der Waals surface area contributed by atoms with Crippen LogP contribution in [-0.2, 0) is 31.1 Å². The molecule has 2 N–H and O–H groups in total. The fraction of sp³-hybridized carbons (Fsp3) is 0.383. The van der Waals surface area contributed by atoms with Gasteiger partial charge in [-0.05, 0) is 71.2 Å². The number of hydrogen-bond acceptors (Lipinski definition) is 7. The first-order valence-electron chi connectivity index (χ1n) is 19.2. The first-order chi connectivity index (χ1) is 25.9. The van der Waals surface area contributed by atoms with Crippen molar-refractivity contribution in [2.24, 2.45) is 29.1 Å². The van der Waals surface area contributed by atoms with Gasteiger partial charge in [-0.3, -0.25) is 14.6 Å². The molecule has 4 aliphatic carbocycles. The van der Waals surface area contributed by atoms with Crippen molar-refractivity contribution in [3.63, 3.8) is 0 Å². The zero-order valence-corrected chi connectivity index (χ0v) is 31.4. The SMILES string of the molecule is CC1=C[C@H]2[C@@]3(O)[C@H](C)C[C@]4(OC(=O)CCc5ccncc5)[C@H]([C@@H]3C=C(COC(c3ccccc3)(c3ccccc3)c3ccccc3)C[C@]2(O)C1=O)C4(C)C. The van der Waals surface area contributed by atoms with Crippen LogP contribution in [0.5, 0.6) is 0 Å². The van der Waals surface area contributed by atoms with Crippen molar-refractivity contribution in [3.05, 3.63) is 161 Å². The fourth-order valence-corrected chi connectivity index (χ4v) is 10.6. The lowest BCUT2D eigenvalue weighted by Crippen LogP contribution is -2.61. The van der Waals surface area contributed by atoms with Gasteiger partial charge in [0.15, 0.2) is 5.78 Å². The van der Waals surface area contributed by atoms with Crippen molar-refractivity contribution >= 4 is 11.8 Å². The topological polar surface area (TPSA) is 106 Å². The van der Waals surface area contributed by atoms with Gasteiger partial charge in [0.2, 0.25) is 0 Å².